The lowest BCUT2D eigenvalue weighted by molar-refractivity contribution is -0.124. The minimum atomic E-state index is -0.679. The summed E-state index contributed by atoms with van der Waals surface area (Å²) in [6.07, 6.45) is 2.04. The van der Waals surface area contributed by atoms with Crippen LogP contribution in [-0.4, -0.2) is 49.2 Å². The van der Waals surface area contributed by atoms with Gasteiger partial charge in [0.05, 0.1) is 10.6 Å². The standard InChI is InChI=1S/C18H26BrN3O4/c1-18(2,3)14(16(24)20-4)22-15(23)13-8-7-12(19)17(21-13)26-10-11-6-5-9-25-11/h7-8,11,14H,5-6,9-10H2,1-4H3,(H,20,24)(H,22,23). The highest BCUT2D eigenvalue weighted by molar-refractivity contribution is 9.10. The van der Waals surface area contributed by atoms with E-state index in [0.29, 0.717) is 17.0 Å². The molecule has 26 heavy (non-hydrogen) atoms. The van der Waals surface area contributed by atoms with Crippen LogP contribution in [0.3, 0.4) is 0 Å². The second-order valence-corrected chi connectivity index (χ2v) is 8.17. The minimum absolute atomic E-state index is 0.0553. The lowest BCUT2D eigenvalue weighted by atomic mass is 9.86. The van der Waals surface area contributed by atoms with Crippen LogP contribution >= 0.6 is 15.9 Å². The van der Waals surface area contributed by atoms with Gasteiger partial charge < -0.3 is 20.1 Å². The van der Waals surface area contributed by atoms with Crippen molar-refractivity contribution in [1.82, 2.24) is 15.6 Å². The number of aromatic nitrogens is 1. The van der Waals surface area contributed by atoms with Gasteiger partial charge in [-0.2, -0.15) is 0 Å². The normalized spacial score (nSPS) is 18.3. The van der Waals surface area contributed by atoms with Crippen LogP contribution in [0.4, 0.5) is 0 Å². The molecule has 8 heteroatoms. The third kappa shape index (κ3) is 5.41. The fourth-order valence-electron chi connectivity index (χ4n) is 2.62. The molecular formula is C18H26BrN3O4. The summed E-state index contributed by atoms with van der Waals surface area (Å²) >= 11 is 3.38. The number of nitrogens with zero attached hydrogens (tertiary/aromatic N) is 1. The molecule has 1 aliphatic rings. The summed E-state index contributed by atoms with van der Waals surface area (Å²) in [6.45, 7) is 6.80. The number of rotatable bonds is 6. The van der Waals surface area contributed by atoms with Crippen molar-refractivity contribution in [3.63, 3.8) is 0 Å². The molecule has 2 rings (SSSR count). The van der Waals surface area contributed by atoms with Crippen molar-refractivity contribution >= 4 is 27.7 Å². The van der Waals surface area contributed by atoms with Gasteiger partial charge in [-0.1, -0.05) is 20.8 Å². The second-order valence-electron chi connectivity index (χ2n) is 7.32. The molecule has 144 valence electrons. The molecule has 1 aromatic heterocycles. The van der Waals surface area contributed by atoms with E-state index in [0.717, 1.165) is 19.4 Å². The summed E-state index contributed by atoms with van der Waals surface area (Å²) in [6, 6.07) is 2.61. The minimum Gasteiger partial charge on any atom is -0.474 e. The van der Waals surface area contributed by atoms with E-state index in [1.54, 1.807) is 19.2 Å². The molecule has 1 aliphatic heterocycles. The number of ether oxygens (including phenoxy) is 2. The predicted molar refractivity (Wildman–Crippen MR) is 101 cm³/mol. The van der Waals surface area contributed by atoms with Gasteiger partial charge in [0.25, 0.3) is 5.91 Å². The summed E-state index contributed by atoms with van der Waals surface area (Å²) in [5.74, 6) is -0.346. The van der Waals surface area contributed by atoms with Gasteiger partial charge in [-0.3, -0.25) is 9.59 Å². The van der Waals surface area contributed by atoms with Crippen LogP contribution in [0, 0.1) is 5.41 Å². The third-order valence-corrected chi connectivity index (χ3v) is 4.73. The number of halogens is 1. The van der Waals surface area contributed by atoms with Crippen LogP contribution in [0.25, 0.3) is 0 Å². The summed E-state index contributed by atoms with van der Waals surface area (Å²) < 4.78 is 11.9. The molecule has 1 saturated heterocycles. The lowest BCUT2D eigenvalue weighted by Crippen LogP contribution is -2.53. The van der Waals surface area contributed by atoms with Crippen LogP contribution in [0.15, 0.2) is 16.6 Å². The largest absolute Gasteiger partial charge is 0.474 e. The summed E-state index contributed by atoms with van der Waals surface area (Å²) in [4.78, 5) is 29.0. The van der Waals surface area contributed by atoms with E-state index >= 15 is 0 Å². The fourth-order valence-corrected chi connectivity index (χ4v) is 2.96. The van der Waals surface area contributed by atoms with Crippen LogP contribution in [0.5, 0.6) is 5.88 Å². The molecule has 0 aromatic carbocycles. The highest BCUT2D eigenvalue weighted by Crippen LogP contribution is 2.25. The maximum atomic E-state index is 12.6. The molecular weight excluding hydrogens is 402 g/mol. The number of nitrogens with one attached hydrogen (secondary N) is 2. The van der Waals surface area contributed by atoms with E-state index in [1.165, 1.54) is 0 Å². The molecule has 2 amide bonds. The number of hydrogen-bond donors (Lipinski definition) is 2. The van der Waals surface area contributed by atoms with Gasteiger partial charge in [-0.25, -0.2) is 4.98 Å². The van der Waals surface area contributed by atoms with Gasteiger partial charge in [-0.05, 0) is 46.3 Å². The van der Waals surface area contributed by atoms with E-state index in [1.807, 2.05) is 20.8 Å². The lowest BCUT2D eigenvalue weighted by Gasteiger charge is -2.29. The smallest absolute Gasteiger partial charge is 0.270 e. The van der Waals surface area contributed by atoms with Crippen molar-refractivity contribution < 1.29 is 19.1 Å². The number of carbonyl (C=O) groups excluding carboxylic acids is 2. The number of hydrogen-bond acceptors (Lipinski definition) is 5. The molecule has 2 N–H and O–H groups in total. The first-order chi connectivity index (χ1) is 12.2. The highest BCUT2D eigenvalue weighted by atomic mass is 79.9. The first kappa shape index (κ1) is 20.6. The zero-order valence-electron chi connectivity index (χ0n) is 15.6. The molecule has 0 spiro atoms. The average molecular weight is 428 g/mol. The molecule has 2 heterocycles. The first-order valence-electron chi connectivity index (χ1n) is 8.65. The SMILES string of the molecule is CNC(=O)C(NC(=O)c1ccc(Br)c(OCC2CCCO2)n1)C(C)(C)C. The van der Waals surface area contributed by atoms with Gasteiger partial charge in [0, 0.05) is 13.7 Å². The van der Waals surface area contributed by atoms with Gasteiger partial charge >= 0.3 is 0 Å². The van der Waals surface area contributed by atoms with Crippen molar-refractivity contribution in [2.75, 3.05) is 20.3 Å². The van der Waals surface area contributed by atoms with Crippen LogP contribution in [0.2, 0.25) is 0 Å². The van der Waals surface area contributed by atoms with E-state index < -0.39 is 17.4 Å². The summed E-state index contributed by atoms with van der Waals surface area (Å²) in [5, 5.41) is 5.34. The molecule has 0 saturated carbocycles. The van der Waals surface area contributed by atoms with Crippen LogP contribution in [0.1, 0.15) is 44.1 Å². The molecule has 0 bridgehead atoms. The molecule has 0 aliphatic carbocycles. The van der Waals surface area contributed by atoms with Gasteiger partial charge in [0.15, 0.2) is 0 Å². The van der Waals surface area contributed by atoms with Gasteiger partial charge in [-0.15, -0.1) is 0 Å². The highest BCUT2D eigenvalue weighted by Gasteiger charge is 2.32. The van der Waals surface area contributed by atoms with E-state index in [2.05, 4.69) is 31.5 Å². The molecule has 2 atom stereocenters. The Balaban J connectivity index is 2.10. The number of pyridine rings is 1. The Kier molecular flexibility index (Phi) is 7.00. The average Bonchev–Trinajstić information content (AvgIpc) is 3.10. The number of likely N-dealkylation sites (N-methyl/N-ethyl adjacent to an activating group) is 1. The predicted octanol–water partition coefficient (Wildman–Crippen LogP) is 2.29. The van der Waals surface area contributed by atoms with Crippen molar-refractivity contribution in [3.05, 3.63) is 22.3 Å². The van der Waals surface area contributed by atoms with Crippen LogP contribution in [-0.2, 0) is 9.53 Å². The van der Waals surface area contributed by atoms with Gasteiger partial charge in [0.1, 0.15) is 18.3 Å². The molecule has 1 fully saturated rings. The Morgan fingerprint density at radius 3 is 2.73 bits per heavy atom. The third-order valence-electron chi connectivity index (χ3n) is 4.13. The quantitative estimate of drug-likeness (QED) is 0.726. The summed E-state index contributed by atoms with van der Waals surface area (Å²) in [7, 11) is 1.54. The van der Waals surface area contributed by atoms with E-state index in [4.69, 9.17) is 9.47 Å². The Morgan fingerprint density at radius 1 is 1.42 bits per heavy atom. The fraction of sp³-hybridized carbons (Fsp3) is 0.611. The van der Waals surface area contributed by atoms with E-state index in [9.17, 15) is 9.59 Å². The maximum Gasteiger partial charge on any atom is 0.270 e. The monoisotopic (exact) mass is 427 g/mol. The topological polar surface area (TPSA) is 89.6 Å². The van der Waals surface area contributed by atoms with Crippen molar-refractivity contribution in [3.8, 4) is 5.88 Å². The molecule has 1 aromatic rings. The molecule has 0 radical (unpaired) electrons. The first-order valence-corrected chi connectivity index (χ1v) is 9.45. The summed E-state index contributed by atoms with van der Waals surface area (Å²) in [5.41, 5.74) is -0.252. The zero-order chi connectivity index (χ0) is 19.3. The maximum absolute atomic E-state index is 12.6. The van der Waals surface area contributed by atoms with E-state index in [-0.39, 0.29) is 17.7 Å². The van der Waals surface area contributed by atoms with Crippen molar-refractivity contribution in [1.29, 1.82) is 0 Å². The Bertz CT molecular complexity index is 654. The Morgan fingerprint density at radius 2 is 2.15 bits per heavy atom. The Labute approximate surface area is 162 Å². The number of amides is 2. The second kappa shape index (κ2) is 8.81. The van der Waals surface area contributed by atoms with Crippen molar-refractivity contribution in [2.45, 2.75) is 45.8 Å². The molecule has 2 unspecified atom stereocenters. The van der Waals surface area contributed by atoms with Gasteiger partial charge in [0.2, 0.25) is 11.8 Å². The zero-order valence-corrected chi connectivity index (χ0v) is 17.2. The molecule has 7 nitrogen and oxygen atoms in total. The van der Waals surface area contributed by atoms with Crippen LogP contribution < -0.4 is 15.4 Å². The number of carbonyl (C=O) groups is 2. The Hall–Kier alpha value is -1.67. The van der Waals surface area contributed by atoms with Crippen molar-refractivity contribution in [2.24, 2.45) is 5.41 Å².